The summed E-state index contributed by atoms with van der Waals surface area (Å²) in [6, 6.07) is 9.70. The smallest absolute Gasteiger partial charge is 0.416 e. The number of amides is 3. The highest BCUT2D eigenvalue weighted by Gasteiger charge is 2.34. The summed E-state index contributed by atoms with van der Waals surface area (Å²) in [4.78, 5) is 38.1. The van der Waals surface area contributed by atoms with E-state index in [0.717, 1.165) is 34.9 Å². The Morgan fingerprint density at radius 2 is 1.88 bits per heavy atom. The molecule has 34 heavy (non-hydrogen) atoms. The van der Waals surface area contributed by atoms with E-state index in [1.807, 2.05) is 0 Å². The number of benzene rings is 2. The third kappa shape index (κ3) is 5.42. The Labute approximate surface area is 196 Å². The first-order valence-corrected chi connectivity index (χ1v) is 10.8. The van der Waals surface area contributed by atoms with Gasteiger partial charge in [0.1, 0.15) is 0 Å². The van der Waals surface area contributed by atoms with Crippen molar-refractivity contribution in [2.75, 3.05) is 19.9 Å². The second-order valence-electron chi connectivity index (χ2n) is 7.19. The molecule has 2 aromatic carbocycles. The highest BCUT2D eigenvalue weighted by Crippen LogP contribution is 2.36. The number of carbonyl (C=O) groups is 3. The lowest BCUT2D eigenvalue weighted by Gasteiger charge is -2.12. The lowest BCUT2D eigenvalue weighted by Crippen LogP contribution is -2.36. The molecule has 2 aromatic rings. The molecule has 2 aliphatic heterocycles. The largest absolute Gasteiger partial charge is 0.454 e. The molecule has 0 saturated carbocycles. The first kappa shape index (κ1) is 23.4. The van der Waals surface area contributed by atoms with Gasteiger partial charge < -0.3 is 14.8 Å². The maximum absolute atomic E-state index is 12.8. The average molecular weight is 490 g/mol. The molecule has 1 saturated heterocycles. The molecule has 0 atom stereocenters. The van der Waals surface area contributed by atoms with E-state index in [0.29, 0.717) is 17.1 Å². The van der Waals surface area contributed by atoms with Crippen molar-refractivity contribution >= 4 is 41.0 Å². The molecule has 0 aromatic heterocycles. The van der Waals surface area contributed by atoms with E-state index in [1.54, 1.807) is 24.3 Å². The number of nitrogens with one attached hydrogen (secondary N) is 1. The quantitative estimate of drug-likeness (QED) is 0.608. The van der Waals surface area contributed by atoms with Crippen LogP contribution in [0.2, 0.25) is 0 Å². The van der Waals surface area contributed by atoms with E-state index >= 15 is 0 Å². The Kier molecular flexibility index (Phi) is 6.64. The SMILES string of the molecule is O=C(/C=C/c1cccc(C(F)(F)F)c1)NCCN1C(=O)S/C(=C\c2ccc3c(c2)OCO3)C1=O. The fraction of sp³-hybridized carbons (Fsp3) is 0.174. The number of fused-ring (bicyclic) bond motifs is 1. The summed E-state index contributed by atoms with van der Waals surface area (Å²) in [6.07, 6.45) is -0.570. The number of carbonyl (C=O) groups excluding carboxylic acids is 3. The van der Waals surface area contributed by atoms with E-state index in [1.165, 1.54) is 18.2 Å². The fourth-order valence-electron chi connectivity index (χ4n) is 3.19. The summed E-state index contributed by atoms with van der Waals surface area (Å²) in [5, 5.41) is 2.04. The van der Waals surface area contributed by atoms with Crippen molar-refractivity contribution in [2.45, 2.75) is 6.18 Å². The monoisotopic (exact) mass is 490 g/mol. The van der Waals surface area contributed by atoms with Crippen LogP contribution in [0.3, 0.4) is 0 Å². The van der Waals surface area contributed by atoms with Crippen LogP contribution >= 0.6 is 11.8 Å². The summed E-state index contributed by atoms with van der Waals surface area (Å²) in [5.41, 5.74) is 0.0653. The number of ether oxygens (including phenoxy) is 2. The van der Waals surface area contributed by atoms with E-state index in [-0.39, 0.29) is 30.4 Å². The Hall–Kier alpha value is -3.73. The van der Waals surface area contributed by atoms with Crippen LogP contribution < -0.4 is 14.8 Å². The van der Waals surface area contributed by atoms with Gasteiger partial charge in [-0.3, -0.25) is 19.3 Å². The van der Waals surface area contributed by atoms with Crippen molar-refractivity contribution in [2.24, 2.45) is 0 Å². The van der Waals surface area contributed by atoms with Crippen molar-refractivity contribution in [3.63, 3.8) is 0 Å². The van der Waals surface area contributed by atoms with E-state index in [9.17, 15) is 27.6 Å². The molecule has 1 N–H and O–H groups in total. The molecule has 1 fully saturated rings. The first-order valence-electron chi connectivity index (χ1n) is 9.99. The lowest BCUT2D eigenvalue weighted by atomic mass is 10.1. The number of hydrogen-bond acceptors (Lipinski definition) is 6. The van der Waals surface area contributed by atoms with Gasteiger partial charge in [-0.15, -0.1) is 0 Å². The number of hydrogen-bond donors (Lipinski definition) is 1. The molecule has 7 nitrogen and oxygen atoms in total. The minimum absolute atomic E-state index is 0.0128. The summed E-state index contributed by atoms with van der Waals surface area (Å²) >= 11 is 0.787. The zero-order valence-electron chi connectivity index (χ0n) is 17.4. The number of alkyl halides is 3. The van der Waals surface area contributed by atoms with E-state index in [2.05, 4.69) is 5.32 Å². The third-order valence-corrected chi connectivity index (χ3v) is 5.75. The molecule has 0 aliphatic carbocycles. The lowest BCUT2D eigenvalue weighted by molar-refractivity contribution is -0.137. The predicted molar refractivity (Wildman–Crippen MR) is 119 cm³/mol. The molecular formula is C23H17F3N2O5S. The Morgan fingerprint density at radius 3 is 2.68 bits per heavy atom. The van der Waals surface area contributed by atoms with Crippen LogP contribution in [0.25, 0.3) is 12.2 Å². The highest BCUT2D eigenvalue weighted by molar-refractivity contribution is 8.18. The molecule has 176 valence electrons. The van der Waals surface area contributed by atoms with Gasteiger partial charge in [-0.2, -0.15) is 13.2 Å². The normalized spacial score (nSPS) is 16.7. The van der Waals surface area contributed by atoms with Gasteiger partial charge in [0.2, 0.25) is 12.7 Å². The summed E-state index contributed by atoms with van der Waals surface area (Å²) in [7, 11) is 0. The second-order valence-corrected chi connectivity index (χ2v) is 8.19. The van der Waals surface area contributed by atoms with E-state index < -0.39 is 28.8 Å². The van der Waals surface area contributed by atoms with Crippen LogP contribution in [0.5, 0.6) is 11.5 Å². The minimum Gasteiger partial charge on any atom is -0.454 e. The van der Waals surface area contributed by atoms with Crippen LogP contribution in [-0.2, 0) is 15.8 Å². The molecule has 3 amide bonds. The molecule has 2 aliphatic rings. The van der Waals surface area contributed by atoms with Crippen LogP contribution in [0.1, 0.15) is 16.7 Å². The summed E-state index contributed by atoms with van der Waals surface area (Å²) in [5.74, 6) is 0.0960. The van der Waals surface area contributed by atoms with Crippen molar-refractivity contribution in [1.82, 2.24) is 10.2 Å². The van der Waals surface area contributed by atoms with Crippen molar-refractivity contribution in [1.29, 1.82) is 0 Å². The number of imide groups is 1. The molecule has 4 rings (SSSR count). The predicted octanol–water partition coefficient (Wildman–Crippen LogP) is 4.30. The Bertz CT molecular complexity index is 1210. The van der Waals surface area contributed by atoms with Gasteiger partial charge in [0, 0.05) is 19.2 Å². The summed E-state index contributed by atoms with van der Waals surface area (Å²) in [6.45, 7) is 0.0591. The zero-order chi connectivity index (χ0) is 24.3. The molecule has 11 heteroatoms. The molecule has 0 bridgehead atoms. The fourth-order valence-corrected chi connectivity index (χ4v) is 4.05. The number of nitrogens with zero attached hydrogens (tertiary/aromatic N) is 1. The average Bonchev–Trinajstić information content (AvgIpc) is 3.36. The highest BCUT2D eigenvalue weighted by atomic mass is 32.2. The van der Waals surface area contributed by atoms with Gasteiger partial charge >= 0.3 is 6.18 Å². The number of thioether (sulfide) groups is 1. The van der Waals surface area contributed by atoms with Gasteiger partial charge in [0.25, 0.3) is 11.1 Å². The molecule has 0 radical (unpaired) electrons. The second kappa shape index (κ2) is 9.64. The van der Waals surface area contributed by atoms with Gasteiger partial charge in [-0.25, -0.2) is 0 Å². The maximum atomic E-state index is 12.8. The minimum atomic E-state index is -4.48. The van der Waals surface area contributed by atoms with Crippen LogP contribution in [0.4, 0.5) is 18.0 Å². The molecule has 2 heterocycles. The third-order valence-electron chi connectivity index (χ3n) is 4.84. The van der Waals surface area contributed by atoms with Crippen LogP contribution in [0.15, 0.2) is 53.4 Å². The topological polar surface area (TPSA) is 84.9 Å². The Balaban J connectivity index is 1.31. The van der Waals surface area contributed by atoms with Gasteiger partial charge in [0.15, 0.2) is 11.5 Å². The van der Waals surface area contributed by atoms with Crippen molar-refractivity contribution in [3.05, 3.63) is 70.1 Å². The zero-order valence-corrected chi connectivity index (χ0v) is 18.2. The number of halogens is 3. The van der Waals surface area contributed by atoms with E-state index in [4.69, 9.17) is 9.47 Å². The number of rotatable bonds is 6. The molecule has 0 unspecified atom stereocenters. The van der Waals surface area contributed by atoms with Crippen molar-refractivity contribution < 1.29 is 37.0 Å². The van der Waals surface area contributed by atoms with Crippen LogP contribution in [0, 0.1) is 0 Å². The van der Waals surface area contributed by atoms with Gasteiger partial charge in [-0.1, -0.05) is 18.2 Å². The van der Waals surface area contributed by atoms with Crippen molar-refractivity contribution in [3.8, 4) is 11.5 Å². The summed E-state index contributed by atoms with van der Waals surface area (Å²) < 4.78 is 48.8. The maximum Gasteiger partial charge on any atom is 0.416 e. The first-order chi connectivity index (χ1) is 16.2. The van der Waals surface area contributed by atoms with Gasteiger partial charge in [0.05, 0.1) is 10.5 Å². The Morgan fingerprint density at radius 1 is 1.09 bits per heavy atom. The standard InChI is InChI=1S/C23H17F3N2O5S/c24-23(25,26)16-3-1-2-14(10-16)5-7-20(29)27-8-9-28-21(30)19(34-22(28)31)12-15-4-6-17-18(11-15)33-13-32-17/h1-7,10-12H,8-9,13H2,(H,27,29)/b7-5+,19-12-. The molecular weight excluding hydrogens is 473 g/mol. The molecule has 0 spiro atoms. The van der Waals surface area contributed by atoms with Crippen LogP contribution in [-0.4, -0.2) is 41.8 Å². The van der Waals surface area contributed by atoms with Gasteiger partial charge in [-0.05, 0) is 59.3 Å².